The Morgan fingerprint density at radius 1 is 1.25 bits per heavy atom. The van der Waals surface area contributed by atoms with Crippen LogP contribution in [-0.2, 0) is 14.3 Å². The standard InChI is InChI=1S/C17H15Cl2NO3S/c1-11(15-6-3-9-24-15)20-16(21)10-23-17(22)8-7-12-13(18)4-2-5-14(12)19/h2-9,11H,10H2,1H3,(H,20,21)/b8-7+/t11-/m1/s1. The van der Waals surface area contributed by atoms with Crippen molar-refractivity contribution in [3.63, 3.8) is 0 Å². The first-order valence-corrected chi connectivity index (χ1v) is 8.72. The van der Waals surface area contributed by atoms with E-state index in [-0.39, 0.29) is 18.6 Å². The molecule has 1 aromatic carbocycles. The number of ether oxygens (including phenoxy) is 1. The zero-order valence-electron chi connectivity index (χ0n) is 12.8. The van der Waals surface area contributed by atoms with Crippen molar-refractivity contribution in [1.82, 2.24) is 5.32 Å². The molecule has 0 aliphatic heterocycles. The number of benzene rings is 1. The third-order valence-corrected chi connectivity index (χ3v) is 4.79. The number of amides is 1. The van der Waals surface area contributed by atoms with Gasteiger partial charge < -0.3 is 10.1 Å². The number of halogens is 2. The molecule has 126 valence electrons. The van der Waals surface area contributed by atoms with Crippen molar-refractivity contribution in [1.29, 1.82) is 0 Å². The summed E-state index contributed by atoms with van der Waals surface area (Å²) in [5, 5.41) is 5.54. The minimum atomic E-state index is -0.648. The minimum Gasteiger partial charge on any atom is -0.452 e. The van der Waals surface area contributed by atoms with Crippen molar-refractivity contribution in [2.75, 3.05) is 6.61 Å². The summed E-state index contributed by atoms with van der Waals surface area (Å²) >= 11 is 13.5. The smallest absolute Gasteiger partial charge is 0.331 e. The molecular formula is C17H15Cl2NO3S. The lowest BCUT2D eigenvalue weighted by molar-refractivity contribution is -0.144. The molecule has 7 heteroatoms. The second-order valence-electron chi connectivity index (χ2n) is 4.88. The molecular weight excluding hydrogens is 369 g/mol. The van der Waals surface area contributed by atoms with Gasteiger partial charge in [-0.3, -0.25) is 4.79 Å². The molecule has 1 aromatic heterocycles. The molecule has 0 bridgehead atoms. The Labute approximate surface area is 154 Å². The van der Waals surface area contributed by atoms with E-state index in [1.165, 1.54) is 12.2 Å². The van der Waals surface area contributed by atoms with Crippen molar-refractivity contribution in [3.05, 3.63) is 62.3 Å². The van der Waals surface area contributed by atoms with Crippen LogP contribution >= 0.6 is 34.5 Å². The highest BCUT2D eigenvalue weighted by Crippen LogP contribution is 2.25. The third-order valence-electron chi connectivity index (χ3n) is 3.08. The number of carbonyl (C=O) groups excluding carboxylic acids is 2. The highest BCUT2D eigenvalue weighted by molar-refractivity contribution is 7.10. The van der Waals surface area contributed by atoms with Crippen LogP contribution in [0, 0.1) is 0 Å². The number of nitrogens with one attached hydrogen (secondary N) is 1. The summed E-state index contributed by atoms with van der Waals surface area (Å²) in [6.07, 6.45) is 2.64. The Hall–Kier alpha value is -1.82. The fraction of sp³-hybridized carbons (Fsp3) is 0.176. The molecule has 1 N–H and O–H groups in total. The summed E-state index contributed by atoms with van der Waals surface area (Å²) in [6, 6.07) is 8.74. The van der Waals surface area contributed by atoms with Gasteiger partial charge in [0.15, 0.2) is 6.61 Å². The molecule has 2 rings (SSSR count). The number of carbonyl (C=O) groups is 2. The van der Waals surface area contributed by atoms with E-state index in [1.807, 2.05) is 24.4 Å². The second kappa shape index (κ2) is 8.87. The van der Waals surface area contributed by atoms with Crippen molar-refractivity contribution < 1.29 is 14.3 Å². The summed E-state index contributed by atoms with van der Waals surface area (Å²) in [5.74, 6) is -1.02. The fourth-order valence-corrected chi connectivity index (χ4v) is 3.16. The molecule has 0 saturated carbocycles. The topological polar surface area (TPSA) is 55.4 Å². The Kier molecular flexibility index (Phi) is 6.85. The van der Waals surface area contributed by atoms with E-state index in [1.54, 1.807) is 29.5 Å². The van der Waals surface area contributed by atoms with Gasteiger partial charge in [-0.15, -0.1) is 11.3 Å². The maximum absolute atomic E-state index is 11.8. The van der Waals surface area contributed by atoms with E-state index < -0.39 is 5.97 Å². The monoisotopic (exact) mass is 383 g/mol. The largest absolute Gasteiger partial charge is 0.452 e. The molecule has 1 atom stereocenters. The average Bonchev–Trinajstić information content (AvgIpc) is 3.07. The first kappa shape index (κ1) is 18.5. The first-order chi connectivity index (χ1) is 11.5. The Balaban J connectivity index is 1.82. The predicted molar refractivity (Wildman–Crippen MR) is 97.3 cm³/mol. The van der Waals surface area contributed by atoms with Gasteiger partial charge in [-0.25, -0.2) is 4.79 Å². The van der Waals surface area contributed by atoms with E-state index in [4.69, 9.17) is 27.9 Å². The maximum atomic E-state index is 11.8. The number of esters is 1. The lowest BCUT2D eigenvalue weighted by atomic mass is 10.2. The Bertz CT molecular complexity index is 724. The van der Waals surface area contributed by atoms with Gasteiger partial charge in [-0.05, 0) is 36.6 Å². The second-order valence-corrected chi connectivity index (χ2v) is 6.67. The molecule has 0 aliphatic carbocycles. The number of thiophene rings is 1. The zero-order valence-corrected chi connectivity index (χ0v) is 15.1. The van der Waals surface area contributed by atoms with Crippen LogP contribution < -0.4 is 5.32 Å². The summed E-state index contributed by atoms with van der Waals surface area (Å²) < 4.78 is 4.90. The highest BCUT2D eigenvalue weighted by Gasteiger charge is 2.11. The van der Waals surface area contributed by atoms with Gasteiger partial charge in [-0.1, -0.05) is 35.3 Å². The van der Waals surface area contributed by atoms with Crippen molar-refractivity contribution >= 4 is 52.5 Å². The molecule has 0 radical (unpaired) electrons. The van der Waals surface area contributed by atoms with Gasteiger partial charge >= 0.3 is 5.97 Å². The molecule has 0 spiro atoms. The quantitative estimate of drug-likeness (QED) is 0.590. The summed E-state index contributed by atoms with van der Waals surface area (Å²) in [6.45, 7) is 1.51. The number of hydrogen-bond donors (Lipinski definition) is 1. The van der Waals surface area contributed by atoms with Crippen molar-refractivity contribution in [3.8, 4) is 0 Å². The molecule has 0 fully saturated rings. The van der Waals surface area contributed by atoms with E-state index in [2.05, 4.69) is 5.32 Å². The van der Waals surface area contributed by atoms with Crippen LogP contribution in [0.1, 0.15) is 23.4 Å². The molecule has 2 aromatic rings. The van der Waals surface area contributed by atoms with Crippen molar-refractivity contribution in [2.24, 2.45) is 0 Å². The summed E-state index contributed by atoms with van der Waals surface area (Å²) in [7, 11) is 0. The van der Waals surface area contributed by atoms with E-state index >= 15 is 0 Å². The van der Waals surface area contributed by atoms with Crippen LogP contribution in [0.15, 0.2) is 41.8 Å². The van der Waals surface area contributed by atoms with Gasteiger partial charge in [0.1, 0.15) is 0 Å². The molecule has 0 aliphatic rings. The van der Waals surface area contributed by atoms with Crippen LogP contribution in [0.3, 0.4) is 0 Å². The van der Waals surface area contributed by atoms with Gasteiger partial charge in [0.2, 0.25) is 0 Å². The fourth-order valence-electron chi connectivity index (χ4n) is 1.90. The predicted octanol–water partition coefficient (Wildman–Crippen LogP) is 4.49. The average molecular weight is 384 g/mol. The Morgan fingerprint density at radius 3 is 2.58 bits per heavy atom. The summed E-state index contributed by atoms with van der Waals surface area (Å²) in [5.41, 5.74) is 0.522. The summed E-state index contributed by atoms with van der Waals surface area (Å²) in [4.78, 5) is 24.5. The lowest BCUT2D eigenvalue weighted by Crippen LogP contribution is -2.30. The van der Waals surface area contributed by atoms with Gasteiger partial charge in [0.05, 0.1) is 6.04 Å². The van der Waals surface area contributed by atoms with Gasteiger partial charge in [0, 0.05) is 26.6 Å². The highest BCUT2D eigenvalue weighted by atomic mass is 35.5. The number of rotatable bonds is 6. The van der Waals surface area contributed by atoms with Crippen molar-refractivity contribution in [2.45, 2.75) is 13.0 Å². The van der Waals surface area contributed by atoms with Crippen LogP contribution in [0.4, 0.5) is 0 Å². The molecule has 0 unspecified atom stereocenters. The number of hydrogen-bond acceptors (Lipinski definition) is 4. The normalized spacial score (nSPS) is 12.1. The van der Waals surface area contributed by atoms with E-state index in [0.29, 0.717) is 15.6 Å². The maximum Gasteiger partial charge on any atom is 0.331 e. The minimum absolute atomic E-state index is 0.131. The van der Waals surface area contributed by atoms with E-state index in [0.717, 1.165) is 4.88 Å². The Morgan fingerprint density at radius 2 is 1.96 bits per heavy atom. The lowest BCUT2D eigenvalue weighted by Gasteiger charge is -2.11. The molecule has 1 amide bonds. The van der Waals surface area contributed by atoms with Gasteiger partial charge in [0.25, 0.3) is 5.91 Å². The molecule has 4 nitrogen and oxygen atoms in total. The third kappa shape index (κ3) is 5.37. The van der Waals surface area contributed by atoms with Crippen LogP contribution in [-0.4, -0.2) is 18.5 Å². The van der Waals surface area contributed by atoms with E-state index in [9.17, 15) is 9.59 Å². The zero-order chi connectivity index (χ0) is 17.5. The molecule has 1 heterocycles. The van der Waals surface area contributed by atoms with Crippen LogP contribution in [0.5, 0.6) is 0 Å². The van der Waals surface area contributed by atoms with Gasteiger partial charge in [-0.2, -0.15) is 0 Å². The first-order valence-electron chi connectivity index (χ1n) is 7.09. The van der Waals surface area contributed by atoms with Crippen LogP contribution in [0.25, 0.3) is 6.08 Å². The molecule has 24 heavy (non-hydrogen) atoms. The molecule has 0 saturated heterocycles. The SMILES string of the molecule is C[C@@H](NC(=O)COC(=O)/C=C/c1c(Cl)cccc1Cl)c1cccs1. The van der Waals surface area contributed by atoms with Crippen LogP contribution in [0.2, 0.25) is 10.0 Å².